The summed E-state index contributed by atoms with van der Waals surface area (Å²) in [5.41, 5.74) is 1.04. The van der Waals surface area contributed by atoms with E-state index in [0.717, 1.165) is 38.7 Å². The third-order valence-electron chi connectivity index (χ3n) is 6.19. The summed E-state index contributed by atoms with van der Waals surface area (Å²) in [4.78, 5) is 27.0. The molecule has 5 rings (SSSR count). The van der Waals surface area contributed by atoms with E-state index in [4.69, 9.17) is 9.47 Å². The fourth-order valence-electron chi connectivity index (χ4n) is 4.40. The van der Waals surface area contributed by atoms with Gasteiger partial charge in [0.1, 0.15) is 11.3 Å². The summed E-state index contributed by atoms with van der Waals surface area (Å²) in [7, 11) is 1.47. The first kappa shape index (κ1) is 20.8. The van der Waals surface area contributed by atoms with Gasteiger partial charge in [0.2, 0.25) is 11.8 Å². The lowest BCUT2D eigenvalue weighted by Crippen LogP contribution is -2.37. The van der Waals surface area contributed by atoms with Crippen LogP contribution in [-0.4, -0.2) is 64.4 Å². The first-order valence-electron chi connectivity index (χ1n) is 10.3. The Morgan fingerprint density at radius 1 is 1.28 bits per heavy atom. The average Bonchev–Trinajstić information content (AvgIpc) is 3.40. The summed E-state index contributed by atoms with van der Waals surface area (Å²) in [5.74, 6) is -0.648. The number of aromatic nitrogens is 3. The highest BCUT2D eigenvalue weighted by Gasteiger charge is 2.41. The van der Waals surface area contributed by atoms with E-state index in [0.29, 0.717) is 34.0 Å². The monoisotopic (exact) mass is 459 g/mol. The second kappa shape index (κ2) is 8.14. The first-order valence-corrected chi connectivity index (χ1v) is 11.1. The van der Waals surface area contributed by atoms with Crippen molar-refractivity contribution in [2.75, 3.05) is 38.7 Å². The number of pyridine rings is 2. The molecular formula is C21H22FN5O4S. The Balaban J connectivity index is 1.44. The van der Waals surface area contributed by atoms with Gasteiger partial charge in [-0.05, 0) is 30.7 Å². The van der Waals surface area contributed by atoms with E-state index in [1.165, 1.54) is 30.7 Å². The highest BCUT2D eigenvalue weighted by Crippen LogP contribution is 2.41. The Morgan fingerprint density at radius 2 is 2.09 bits per heavy atom. The van der Waals surface area contributed by atoms with E-state index in [-0.39, 0.29) is 28.6 Å². The summed E-state index contributed by atoms with van der Waals surface area (Å²) < 4.78 is 25.7. The maximum absolute atomic E-state index is 14.4. The molecule has 0 aromatic carbocycles. The van der Waals surface area contributed by atoms with Gasteiger partial charge in [0.25, 0.3) is 0 Å². The van der Waals surface area contributed by atoms with Crippen molar-refractivity contribution in [3.8, 4) is 22.8 Å². The van der Waals surface area contributed by atoms with Gasteiger partial charge in [-0.15, -0.1) is 0 Å². The van der Waals surface area contributed by atoms with E-state index in [1.807, 2.05) is 4.90 Å². The second-order valence-corrected chi connectivity index (χ2v) is 9.12. The lowest BCUT2D eigenvalue weighted by atomic mass is 9.80. The smallest absolute Gasteiger partial charge is 0.323 e. The average molecular weight is 460 g/mol. The van der Waals surface area contributed by atoms with Crippen LogP contribution >= 0.6 is 11.3 Å². The summed E-state index contributed by atoms with van der Waals surface area (Å²) in [6, 6.07) is 1.06. The zero-order chi connectivity index (χ0) is 22.3. The number of urea groups is 1. The van der Waals surface area contributed by atoms with Crippen LogP contribution in [0, 0.1) is 11.4 Å². The third kappa shape index (κ3) is 3.71. The van der Waals surface area contributed by atoms with Gasteiger partial charge in [-0.1, -0.05) is 11.3 Å². The van der Waals surface area contributed by atoms with Gasteiger partial charge < -0.3 is 19.5 Å². The Labute approximate surface area is 187 Å². The Morgan fingerprint density at radius 3 is 2.88 bits per heavy atom. The number of aromatic hydroxyl groups is 1. The van der Waals surface area contributed by atoms with Crippen LogP contribution in [0.1, 0.15) is 19.3 Å². The van der Waals surface area contributed by atoms with Gasteiger partial charge >= 0.3 is 6.03 Å². The van der Waals surface area contributed by atoms with Crippen LogP contribution in [0.5, 0.6) is 11.6 Å². The van der Waals surface area contributed by atoms with E-state index in [1.54, 1.807) is 0 Å². The lowest BCUT2D eigenvalue weighted by Gasteiger charge is -2.33. The predicted molar refractivity (Wildman–Crippen MR) is 117 cm³/mol. The molecule has 2 aliphatic rings. The third-order valence-corrected chi connectivity index (χ3v) is 7.19. The topological polar surface area (TPSA) is 110 Å². The molecule has 168 valence electrons. The summed E-state index contributed by atoms with van der Waals surface area (Å²) >= 11 is 1.19. The maximum Gasteiger partial charge on any atom is 0.323 e. The fourth-order valence-corrected chi connectivity index (χ4v) is 5.37. The minimum Gasteiger partial charge on any atom is -0.506 e. The van der Waals surface area contributed by atoms with Crippen LogP contribution in [0.15, 0.2) is 18.5 Å². The molecule has 0 radical (unpaired) electrons. The summed E-state index contributed by atoms with van der Waals surface area (Å²) in [6.07, 6.45) is 5.38. The van der Waals surface area contributed by atoms with Gasteiger partial charge in [-0.3, -0.25) is 5.32 Å². The molecule has 0 bridgehead atoms. The molecule has 0 saturated carbocycles. The first-order chi connectivity index (χ1) is 15.5. The van der Waals surface area contributed by atoms with E-state index in [9.17, 15) is 14.3 Å². The number of nitrogens with zero attached hydrogens (tertiary/aromatic N) is 4. The summed E-state index contributed by atoms with van der Waals surface area (Å²) in [5, 5.41) is 13.0. The number of anilines is 1. The van der Waals surface area contributed by atoms with Crippen LogP contribution in [0.25, 0.3) is 21.3 Å². The molecule has 32 heavy (non-hydrogen) atoms. The standard InChI is InChI=1S/C21H22FN5O4S/c1-30-18-15-16(14(10-24-18)13-8-12(28)9-23-17(13)22)32-19(25-15)26-20(29)27-5-2-21(11-27)3-6-31-7-4-21/h8-10,28H,2-7,11H2,1H3,(H,25,26,29). The number of hydrogen-bond acceptors (Lipinski definition) is 8. The molecule has 0 aliphatic carbocycles. The number of ether oxygens (including phenoxy) is 2. The van der Waals surface area contributed by atoms with Crippen molar-refractivity contribution in [3.63, 3.8) is 0 Å². The Hall–Kier alpha value is -3.05. The number of methoxy groups -OCH3 is 1. The zero-order valence-corrected chi connectivity index (χ0v) is 18.2. The number of hydrogen-bond donors (Lipinski definition) is 2. The minimum absolute atomic E-state index is 0.0904. The molecule has 0 unspecified atom stereocenters. The molecule has 1 spiro atoms. The number of rotatable bonds is 3. The zero-order valence-electron chi connectivity index (χ0n) is 17.4. The number of thiazole rings is 1. The van der Waals surface area contributed by atoms with Crippen molar-refractivity contribution >= 4 is 32.7 Å². The molecule has 2 amide bonds. The highest BCUT2D eigenvalue weighted by molar-refractivity contribution is 7.23. The fraction of sp³-hybridized carbons (Fsp3) is 0.429. The van der Waals surface area contributed by atoms with Crippen molar-refractivity contribution < 1.29 is 23.8 Å². The van der Waals surface area contributed by atoms with Crippen LogP contribution in [-0.2, 0) is 4.74 Å². The maximum atomic E-state index is 14.4. The number of carbonyl (C=O) groups is 1. The molecule has 3 aromatic heterocycles. The number of amides is 2. The van der Waals surface area contributed by atoms with Crippen LogP contribution < -0.4 is 10.1 Å². The number of carbonyl (C=O) groups excluding carboxylic acids is 1. The number of nitrogens with one attached hydrogen (secondary N) is 1. The second-order valence-electron chi connectivity index (χ2n) is 8.12. The van der Waals surface area contributed by atoms with Gasteiger partial charge in [0, 0.05) is 43.6 Å². The van der Waals surface area contributed by atoms with E-state index >= 15 is 0 Å². The summed E-state index contributed by atoms with van der Waals surface area (Å²) in [6.45, 7) is 2.86. The van der Waals surface area contributed by atoms with Crippen molar-refractivity contribution in [1.82, 2.24) is 19.9 Å². The number of likely N-dealkylation sites (tertiary alicyclic amines) is 1. The number of halogens is 1. The van der Waals surface area contributed by atoms with Crippen LogP contribution in [0.4, 0.5) is 14.3 Å². The molecule has 11 heteroatoms. The lowest BCUT2D eigenvalue weighted by molar-refractivity contribution is 0.0211. The molecule has 3 aromatic rings. The molecule has 2 N–H and O–H groups in total. The Kier molecular flexibility index (Phi) is 5.30. The quantitative estimate of drug-likeness (QED) is 0.576. The van der Waals surface area contributed by atoms with Crippen molar-refractivity contribution in [2.24, 2.45) is 5.41 Å². The predicted octanol–water partition coefficient (Wildman–Crippen LogP) is 3.64. The largest absolute Gasteiger partial charge is 0.506 e. The molecular weight excluding hydrogens is 437 g/mol. The molecule has 5 heterocycles. The van der Waals surface area contributed by atoms with Crippen LogP contribution in [0.2, 0.25) is 0 Å². The van der Waals surface area contributed by atoms with Gasteiger partial charge in [0.15, 0.2) is 5.13 Å². The SMILES string of the molecule is COc1ncc(-c2cc(O)cnc2F)c2sc(NC(=O)N3CCC4(CCOCC4)C3)nc12. The van der Waals surface area contributed by atoms with E-state index < -0.39 is 5.95 Å². The van der Waals surface area contributed by atoms with Crippen molar-refractivity contribution in [1.29, 1.82) is 0 Å². The van der Waals surface area contributed by atoms with Gasteiger partial charge in [-0.25, -0.2) is 19.7 Å². The molecule has 9 nitrogen and oxygen atoms in total. The molecule has 2 aliphatic heterocycles. The highest BCUT2D eigenvalue weighted by atomic mass is 32.1. The number of fused-ring (bicyclic) bond motifs is 1. The molecule has 0 atom stereocenters. The normalized spacial score (nSPS) is 17.8. The van der Waals surface area contributed by atoms with Crippen molar-refractivity contribution in [3.05, 3.63) is 24.4 Å². The van der Waals surface area contributed by atoms with Crippen molar-refractivity contribution in [2.45, 2.75) is 19.3 Å². The van der Waals surface area contributed by atoms with E-state index in [2.05, 4.69) is 20.3 Å². The molecule has 2 fully saturated rings. The molecule has 2 saturated heterocycles. The van der Waals surface area contributed by atoms with Gasteiger partial charge in [0.05, 0.1) is 18.0 Å². The minimum atomic E-state index is -0.742. The van der Waals surface area contributed by atoms with Gasteiger partial charge in [-0.2, -0.15) is 4.39 Å². The van der Waals surface area contributed by atoms with Crippen LogP contribution in [0.3, 0.4) is 0 Å². The Bertz CT molecular complexity index is 1180.